The molecule has 15 aromatic carbocycles. The van der Waals surface area contributed by atoms with Gasteiger partial charge in [-0.05, 0) is 198 Å². The number of anilines is 15. The van der Waals surface area contributed by atoms with Gasteiger partial charge in [-0.15, -0.1) is 0 Å². The molecular weight excluding hydrogens is 1120 g/mol. The normalized spacial score (nSPS) is 13.0. The van der Waals surface area contributed by atoms with Crippen molar-refractivity contribution >= 4 is 153 Å². The zero-order valence-electron chi connectivity index (χ0n) is 50.8. The lowest BCUT2D eigenvalue weighted by Gasteiger charge is -2.47. The third-order valence-corrected chi connectivity index (χ3v) is 19.7. The topological polar surface area (TPSA) is 16.2 Å². The maximum Gasteiger partial charge on any atom is 0.252 e. The smallest absolute Gasteiger partial charge is 0.252 e. The van der Waals surface area contributed by atoms with E-state index in [1.165, 1.54) is 76.8 Å². The molecule has 0 atom stereocenters. The van der Waals surface area contributed by atoms with Gasteiger partial charge in [-0.3, -0.25) is 0 Å². The Morgan fingerprint density at radius 1 is 0.215 bits per heavy atom. The molecule has 4 heterocycles. The van der Waals surface area contributed by atoms with E-state index in [2.05, 4.69) is 370 Å². The summed E-state index contributed by atoms with van der Waals surface area (Å²) < 4.78 is 0. The Morgan fingerprint density at radius 2 is 0.559 bits per heavy atom. The summed E-state index contributed by atoms with van der Waals surface area (Å²) in [6.45, 7) is -0.286. The summed E-state index contributed by atoms with van der Waals surface area (Å²) in [6.07, 6.45) is 0. The Hall–Kier alpha value is -12.1. The van der Waals surface area contributed by atoms with Crippen molar-refractivity contribution in [2.75, 3.05) is 24.5 Å². The highest BCUT2D eigenvalue weighted by atomic mass is 15.2. The molecule has 0 N–H and O–H groups in total. The number of para-hydroxylation sites is 8. The Labute approximate surface area is 542 Å². The number of hydrogen-bond acceptors (Lipinski definition) is 5. The Balaban J connectivity index is 0.891. The predicted molar refractivity (Wildman–Crippen MR) is 395 cm³/mol. The lowest BCUT2D eigenvalue weighted by Crippen LogP contribution is -2.65. The average molecular weight is 1180 g/mol. The number of rotatable bonds is 9. The van der Waals surface area contributed by atoms with Gasteiger partial charge < -0.3 is 24.5 Å². The van der Waals surface area contributed by atoms with E-state index in [-0.39, 0.29) is 13.4 Å². The van der Waals surface area contributed by atoms with Gasteiger partial charge >= 0.3 is 0 Å². The molecule has 19 rings (SSSR count). The second kappa shape index (κ2) is 21.3. The summed E-state index contributed by atoms with van der Waals surface area (Å²) in [7, 11) is 0. The summed E-state index contributed by atoms with van der Waals surface area (Å²) in [5, 5.41) is 4.99. The minimum Gasteiger partial charge on any atom is -0.311 e. The first kappa shape index (κ1) is 52.8. The molecular formula is C86H57B2N5. The van der Waals surface area contributed by atoms with E-state index in [1.54, 1.807) is 0 Å². The molecule has 432 valence electrons. The third-order valence-electron chi connectivity index (χ3n) is 19.7. The van der Waals surface area contributed by atoms with Gasteiger partial charge in [0.05, 0.1) is 5.69 Å². The molecule has 0 aromatic heterocycles. The van der Waals surface area contributed by atoms with E-state index in [0.29, 0.717) is 0 Å². The number of nitrogens with zero attached hydrogens (tertiary/aromatic N) is 5. The van der Waals surface area contributed by atoms with Crippen LogP contribution in [0.25, 0.3) is 43.8 Å². The van der Waals surface area contributed by atoms with Crippen LogP contribution in [0, 0.1) is 0 Å². The first-order valence-corrected chi connectivity index (χ1v) is 32.2. The van der Waals surface area contributed by atoms with E-state index < -0.39 is 0 Å². The zero-order valence-corrected chi connectivity index (χ0v) is 50.8. The maximum absolute atomic E-state index is 2.63. The van der Waals surface area contributed by atoms with Crippen molar-refractivity contribution in [3.05, 3.63) is 346 Å². The largest absolute Gasteiger partial charge is 0.311 e. The van der Waals surface area contributed by atoms with E-state index in [9.17, 15) is 0 Å². The molecule has 0 spiro atoms. The Morgan fingerprint density at radius 3 is 0.989 bits per heavy atom. The fraction of sp³-hybridized carbons (Fsp3) is 0. The minimum atomic E-state index is -0.148. The summed E-state index contributed by atoms with van der Waals surface area (Å²) in [4.78, 5) is 12.6. The summed E-state index contributed by atoms with van der Waals surface area (Å²) in [5.41, 5.74) is 29.2. The molecule has 0 saturated heterocycles. The predicted octanol–water partition coefficient (Wildman–Crippen LogP) is 19.0. The third kappa shape index (κ3) is 8.30. The van der Waals surface area contributed by atoms with Gasteiger partial charge in [0.25, 0.3) is 13.4 Å². The van der Waals surface area contributed by atoms with Crippen LogP contribution in [-0.4, -0.2) is 13.4 Å². The quantitative estimate of drug-likeness (QED) is 0.105. The van der Waals surface area contributed by atoms with Crippen LogP contribution in [-0.2, 0) is 0 Å². The van der Waals surface area contributed by atoms with Crippen molar-refractivity contribution in [3.8, 4) is 22.3 Å². The second-order valence-electron chi connectivity index (χ2n) is 24.7. The van der Waals surface area contributed by atoms with Crippen molar-refractivity contribution in [1.82, 2.24) is 0 Å². The SMILES string of the molecule is c1ccc(N(c2ccccc2)c2cc3c4c(c2)N(c2ccccc2)c2cc5c(cc2B4c2ccccc2N3c2ccccc2)B2c3ccccc3N(c3ccccc3)c3cc(-c4ccc(-c6c7ccccc7cc7ccccc67)cc4)cc(c32)N5c2ccccc2)cc1. The summed E-state index contributed by atoms with van der Waals surface area (Å²) >= 11 is 0. The van der Waals surface area contributed by atoms with Crippen LogP contribution in [0.5, 0.6) is 0 Å². The molecule has 0 bridgehead atoms. The molecule has 4 aliphatic rings. The zero-order chi connectivity index (χ0) is 61.1. The fourth-order valence-corrected chi connectivity index (χ4v) is 15.8. The molecule has 0 saturated carbocycles. The van der Waals surface area contributed by atoms with Crippen LogP contribution >= 0.6 is 0 Å². The molecule has 7 heteroatoms. The lowest BCUT2D eigenvalue weighted by atomic mass is 9.30. The minimum absolute atomic E-state index is 0.138. The van der Waals surface area contributed by atoms with Gasteiger partial charge in [0.15, 0.2) is 0 Å². The van der Waals surface area contributed by atoms with E-state index in [0.717, 1.165) is 85.1 Å². The van der Waals surface area contributed by atoms with Crippen molar-refractivity contribution in [1.29, 1.82) is 0 Å². The van der Waals surface area contributed by atoms with Gasteiger partial charge in [-0.25, -0.2) is 0 Å². The number of fused-ring (bicyclic) bond motifs is 10. The van der Waals surface area contributed by atoms with Crippen molar-refractivity contribution in [3.63, 3.8) is 0 Å². The summed E-state index contributed by atoms with van der Waals surface area (Å²) in [6, 6.07) is 128. The highest BCUT2D eigenvalue weighted by Gasteiger charge is 2.49. The van der Waals surface area contributed by atoms with E-state index in [4.69, 9.17) is 0 Å². The van der Waals surface area contributed by atoms with Crippen molar-refractivity contribution in [2.24, 2.45) is 0 Å². The first-order valence-electron chi connectivity index (χ1n) is 32.2. The molecule has 5 nitrogen and oxygen atoms in total. The lowest BCUT2D eigenvalue weighted by molar-refractivity contribution is 1.22. The van der Waals surface area contributed by atoms with Crippen molar-refractivity contribution in [2.45, 2.75) is 0 Å². The average Bonchev–Trinajstić information content (AvgIpc) is 0.688. The van der Waals surface area contributed by atoms with Crippen LogP contribution in [0.15, 0.2) is 346 Å². The van der Waals surface area contributed by atoms with Gasteiger partial charge in [0.2, 0.25) is 0 Å². The second-order valence-corrected chi connectivity index (χ2v) is 24.7. The van der Waals surface area contributed by atoms with Gasteiger partial charge in [0.1, 0.15) is 0 Å². The standard InChI is InChI=1S/C86H57B2N5/c1-7-29-63(30-8-1)89(64-31-9-2-10-32-64)69-54-82-86-83(55-69)93(68-39-17-6-18-40-68)79-57-78-74(56-75(79)88(86)73-44-24-26-46-77(73)91(82)66-35-13-4-14-36-66)87-72-43-23-25-45-76(72)90(65-33-11-3-12-34-65)80-52-62(53-81(85(80)87)92(78)67-37-15-5-16-38-67)58-47-49-59(50-48-58)84-70-41-21-19-27-60(70)51-61-28-20-22-42-71(61)84/h1-57H. The molecule has 4 aliphatic heterocycles. The van der Waals surface area contributed by atoms with Crippen molar-refractivity contribution < 1.29 is 0 Å². The van der Waals surface area contributed by atoms with Crippen LogP contribution in [0.3, 0.4) is 0 Å². The highest BCUT2D eigenvalue weighted by molar-refractivity contribution is 7.03. The van der Waals surface area contributed by atoms with Crippen LogP contribution in [0.2, 0.25) is 0 Å². The first-order chi connectivity index (χ1) is 46.2. The van der Waals surface area contributed by atoms with Crippen LogP contribution in [0.4, 0.5) is 85.3 Å². The van der Waals surface area contributed by atoms with Gasteiger partial charge in [-0.1, -0.05) is 224 Å². The molecule has 0 unspecified atom stereocenters. The fourth-order valence-electron chi connectivity index (χ4n) is 15.8. The maximum atomic E-state index is 2.63. The molecule has 0 fully saturated rings. The molecule has 93 heavy (non-hydrogen) atoms. The van der Waals surface area contributed by atoms with E-state index >= 15 is 0 Å². The van der Waals surface area contributed by atoms with Gasteiger partial charge in [-0.2, -0.15) is 0 Å². The Kier molecular flexibility index (Phi) is 12.1. The molecule has 0 radical (unpaired) electrons. The van der Waals surface area contributed by atoms with Gasteiger partial charge in [0, 0.05) is 79.6 Å². The Bertz CT molecular complexity index is 5330. The molecule has 0 aliphatic carbocycles. The number of hydrogen-bond donors (Lipinski definition) is 0. The van der Waals surface area contributed by atoms with Crippen LogP contribution in [0.1, 0.15) is 0 Å². The van der Waals surface area contributed by atoms with E-state index in [1.807, 2.05) is 0 Å². The number of benzene rings is 15. The highest BCUT2D eigenvalue weighted by Crippen LogP contribution is 2.52. The van der Waals surface area contributed by atoms with Crippen LogP contribution < -0.4 is 57.3 Å². The monoisotopic (exact) mass is 1180 g/mol. The molecule has 0 amide bonds. The molecule has 15 aromatic rings. The summed E-state index contributed by atoms with van der Waals surface area (Å²) in [5.74, 6) is 0.